The molecule has 1 atom stereocenters. The van der Waals surface area contributed by atoms with E-state index in [9.17, 15) is 4.79 Å². The predicted molar refractivity (Wildman–Crippen MR) is 49.3 cm³/mol. The van der Waals surface area contributed by atoms with Crippen LogP contribution >= 0.6 is 22.6 Å². The van der Waals surface area contributed by atoms with E-state index in [2.05, 4.69) is 0 Å². The van der Waals surface area contributed by atoms with E-state index in [4.69, 9.17) is 4.74 Å². The molecule has 0 amide bonds. The molecule has 0 bridgehead atoms. The highest BCUT2D eigenvalue weighted by Gasteiger charge is 2.18. The van der Waals surface area contributed by atoms with E-state index < -0.39 is 0 Å². The lowest BCUT2D eigenvalue weighted by molar-refractivity contribution is -0.153. The van der Waals surface area contributed by atoms with Crippen molar-refractivity contribution in [3.8, 4) is 0 Å². The number of carbonyl (C=O) groups excluding carboxylic acids is 1. The summed E-state index contributed by atoms with van der Waals surface area (Å²) >= 11 is 2.03. The van der Waals surface area contributed by atoms with Gasteiger partial charge >= 0.3 is 5.97 Å². The zero-order valence-electron chi connectivity index (χ0n) is 6.77. The molecule has 0 fully saturated rings. The summed E-state index contributed by atoms with van der Waals surface area (Å²) in [6, 6.07) is 0. The van der Waals surface area contributed by atoms with Gasteiger partial charge in [-0.25, -0.2) is 0 Å². The van der Waals surface area contributed by atoms with Crippen LogP contribution in [0, 0.1) is 0 Å². The molecule has 10 heavy (non-hydrogen) atoms. The van der Waals surface area contributed by atoms with Gasteiger partial charge in [0, 0.05) is 0 Å². The molecule has 3 heteroatoms. The first-order valence-electron chi connectivity index (χ1n) is 3.20. The fourth-order valence-corrected chi connectivity index (χ4v) is 0.510. The van der Waals surface area contributed by atoms with Crippen molar-refractivity contribution in [3.05, 3.63) is 0 Å². The Kier molecular flexibility index (Phi) is 3.62. The van der Waals surface area contributed by atoms with E-state index in [0.717, 1.165) is 0 Å². The Hall–Kier alpha value is 0.200. The second kappa shape index (κ2) is 3.55. The topological polar surface area (TPSA) is 26.3 Å². The first-order chi connectivity index (χ1) is 4.33. The van der Waals surface area contributed by atoms with Gasteiger partial charge in [-0.1, -0.05) is 22.6 Å². The largest absolute Gasteiger partial charge is 0.459 e. The molecular formula is C7H13IO2. The number of halogens is 1. The van der Waals surface area contributed by atoms with Crippen molar-refractivity contribution in [1.82, 2.24) is 0 Å². The summed E-state index contributed by atoms with van der Waals surface area (Å²) in [7, 11) is 0. The number of carbonyl (C=O) groups is 1. The second-order valence-corrected chi connectivity index (χ2v) is 5.02. The molecule has 0 aliphatic heterocycles. The number of hydrogen-bond acceptors (Lipinski definition) is 2. The zero-order chi connectivity index (χ0) is 8.36. The van der Waals surface area contributed by atoms with Crippen molar-refractivity contribution in [1.29, 1.82) is 0 Å². The normalized spacial score (nSPS) is 14.5. The Labute approximate surface area is 75.5 Å². The van der Waals surface area contributed by atoms with Crippen LogP contribution in [0.4, 0.5) is 0 Å². The van der Waals surface area contributed by atoms with Gasteiger partial charge in [-0.15, -0.1) is 0 Å². The molecule has 0 aromatic rings. The van der Waals surface area contributed by atoms with Crippen LogP contribution in [0.15, 0.2) is 0 Å². The quantitative estimate of drug-likeness (QED) is 0.408. The van der Waals surface area contributed by atoms with E-state index in [-0.39, 0.29) is 15.5 Å². The van der Waals surface area contributed by atoms with E-state index in [0.29, 0.717) is 0 Å². The van der Waals surface area contributed by atoms with E-state index >= 15 is 0 Å². The third kappa shape index (κ3) is 5.02. The highest BCUT2D eigenvalue weighted by atomic mass is 127. The Morgan fingerprint density at radius 3 is 2.00 bits per heavy atom. The van der Waals surface area contributed by atoms with Gasteiger partial charge in [-0.2, -0.15) is 0 Å². The minimum Gasteiger partial charge on any atom is -0.459 e. The average Bonchev–Trinajstić information content (AvgIpc) is 1.60. The van der Waals surface area contributed by atoms with E-state index in [1.54, 1.807) is 0 Å². The molecule has 0 aliphatic rings. The highest BCUT2D eigenvalue weighted by Crippen LogP contribution is 2.11. The number of ether oxygens (including phenoxy) is 1. The molecular weight excluding hydrogens is 243 g/mol. The van der Waals surface area contributed by atoms with Crippen LogP contribution in [-0.4, -0.2) is 15.5 Å². The van der Waals surface area contributed by atoms with E-state index in [1.807, 2.05) is 50.3 Å². The first kappa shape index (κ1) is 10.2. The fourth-order valence-electron chi connectivity index (χ4n) is 0.383. The second-order valence-electron chi connectivity index (χ2n) is 3.15. The van der Waals surface area contributed by atoms with Crippen molar-refractivity contribution in [3.63, 3.8) is 0 Å². The summed E-state index contributed by atoms with van der Waals surface area (Å²) in [5, 5.41) is 0. The van der Waals surface area contributed by atoms with Crippen LogP contribution in [0.3, 0.4) is 0 Å². The maximum absolute atomic E-state index is 10.9. The summed E-state index contributed by atoms with van der Waals surface area (Å²) < 4.78 is 4.99. The molecule has 0 aromatic heterocycles. The molecule has 0 rings (SSSR count). The van der Waals surface area contributed by atoms with Gasteiger partial charge in [0.2, 0.25) is 0 Å². The minimum atomic E-state index is -0.351. The molecule has 0 saturated carbocycles. The number of esters is 1. The maximum Gasteiger partial charge on any atom is 0.319 e. The van der Waals surface area contributed by atoms with Crippen LogP contribution in [-0.2, 0) is 9.53 Å². The summed E-state index contributed by atoms with van der Waals surface area (Å²) in [5.41, 5.74) is -0.351. The standard InChI is InChI=1S/C7H13IO2/c1-5(8)6(9)10-7(2,3)4/h5H,1-4H3. The molecule has 0 radical (unpaired) electrons. The van der Waals surface area contributed by atoms with E-state index in [1.165, 1.54) is 0 Å². The lowest BCUT2D eigenvalue weighted by atomic mass is 10.2. The van der Waals surface area contributed by atoms with Crippen molar-refractivity contribution in [2.24, 2.45) is 0 Å². The van der Waals surface area contributed by atoms with Gasteiger partial charge in [-0.3, -0.25) is 4.79 Å². The molecule has 0 aromatic carbocycles. The molecule has 1 unspecified atom stereocenters. The molecule has 0 heterocycles. The fraction of sp³-hybridized carbons (Fsp3) is 0.857. The van der Waals surface area contributed by atoms with Crippen LogP contribution < -0.4 is 0 Å². The molecule has 60 valence electrons. The van der Waals surface area contributed by atoms with Gasteiger partial charge in [0.1, 0.15) is 9.53 Å². The summed E-state index contributed by atoms with van der Waals surface area (Å²) in [5.74, 6) is -0.145. The lowest BCUT2D eigenvalue weighted by Crippen LogP contribution is -2.27. The van der Waals surface area contributed by atoms with Gasteiger partial charge in [0.15, 0.2) is 0 Å². The van der Waals surface area contributed by atoms with Gasteiger partial charge in [0.05, 0.1) is 0 Å². The molecule has 0 saturated heterocycles. The van der Waals surface area contributed by atoms with Crippen LogP contribution in [0.1, 0.15) is 27.7 Å². The van der Waals surface area contributed by atoms with Crippen molar-refractivity contribution in [2.75, 3.05) is 0 Å². The van der Waals surface area contributed by atoms with Crippen LogP contribution in [0.2, 0.25) is 0 Å². The Morgan fingerprint density at radius 2 is 1.90 bits per heavy atom. The van der Waals surface area contributed by atoms with Gasteiger partial charge in [-0.05, 0) is 27.7 Å². The Balaban J connectivity index is 3.81. The van der Waals surface area contributed by atoms with Crippen LogP contribution in [0.25, 0.3) is 0 Å². The third-order valence-electron chi connectivity index (χ3n) is 0.732. The monoisotopic (exact) mass is 256 g/mol. The molecule has 0 aliphatic carbocycles. The van der Waals surface area contributed by atoms with Crippen molar-refractivity contribution < 1.29 is 9.53 Å². The third-order valence-corrected chi connectivity index (χ3v) is 1.24. The summed E-state index contributed by atoms with van der Waals surface area (Å²) in [4.78, 5) is 10.9. The molecule has 2 nitrogen and oxygen atoms in total. The zero-order valence-corrected chi connectivity index (χ0v) is 8.93. The highest BCUT2D eigenvalue weighted by molar-refractivity contribution is 14.1. The maximum atomic E-state index is 10.9. The van der Waals surface area contributed by atoms with Gasteiger partial charge in [0.25, 0.3) is 0 Å². The molecule has 0 N–H and O–H groups in total. The number of rotatable bonds is 1. The molecule has 0 spiro atoms. The summed E-state index contributed by atoms with van der Waals surface area (Å²) in [6.45, 7) is 7.41. The number of alkyl halides is 1. The van der Waals surface area contributed by atoms with Crippen molar-refractivity contribution >= 4 is 28.6 Å². The Morgan fingerprint density at radius 1 is 1.50 bits per heavy atom. The lowest BCUT2D eigenvalue weighted by Gasteiger charge is -2.20. The van der Waals surface area contributed by atoms with Gasteiger partial charge < -0.3 is 4.74 Å². The minimum absolute atomic E-state index is 0.0585. The Bertz CT molecular complexity index is 124. The average molecular weight is 256 g/mol. The van der Waals surface area contributed by atoms with Crippen molar-refractivity contribution in [2.45, 2.75) is 37.2 Å². The predicted octanol–water partition coefficient (Wildman–Crippen LogP) is 2.15. The van der Waals surface area contributed by atoms with Crippen LogP contribution in [0.5, 0.6) is 0 Å². The smallest absolute Gasteiger partial charge is 0.319 e. The SMILES string of the molecule is CC(I)C(=O)OC(C)(C)C. The number of hydrogen-bond donors (Lipinski definition) is 0. The first-order valence-corrected chi connectivity index (χ1v) is 4.44. The summed E-state index contributed by atoms with van der Waals surface area (Å²) in [6.07, 6.45) is 0.